The maximum absolute atomic E-state index is 5.16. The van der Waals surface area contributed by atoms with E-state index in [2.05, 4.69) is 55.3 Å². The highest BCUT2D eigenvalue weighted by Gasteiger charge is 2.01. The third-order valence-electron chi connectivity index (χ3n) is 3.37. The molecule has 0 aliphatic carbocycles. The van der Waals surface area contributed by atoms with Gasteiger partial charge in [-0.25, -0.2) is 0 Å². The number of rotatable bonds is 5. The molecule has 0 amide bonds. The predicted octanol–water partition coefficient (Wildman–Crippen LogP) is 3.68. The molecule has 0 radical (unpaired) electrons. The highest BCUT2D eigenvalue weighted by atomic mass is 16.5. The minimum atomic E-state index is 0.913. The van der Waals surface area contributed by atoms with E-state index in [1.54, 1.807) is 7.11 Å². The lowest BCUT2D eigenvalue weighted by molar-refractivity contribution is 0.414. The Balaban J connectivity index is 1.92. The third kappa shape index (κ3) is 3.75. The average molecular weight is 255 g/mol. The normalized spacial score (nSPS) is 10.3. The van der Waals surface area contributed by atoms with Gasteiger partial charge in [-0.05, 0) is 43.2 Å². The van der Waals surface area contributed by atoms with Gasteiger partial charge >= 0.3 is 0 Å². The van der Waals surface area contributed by atoms with Crippen LogP contribution in [-0.2, 0) is 6.42 Å². The van der Waals surface area contributed by atoms with Crippen LogP contribution in [0.15, 0.2) is 48.5 Å². The molecular weight excluding hydrogens is 234 g/mol. The molecule has 0 spiro atoms. The van der Waals surface area contributed by atoms with Crippen molar-refractivity contribution in [1.29, 1.82) is 0 Å². The van der Waals surface area contributed by atoms with Crippen molar-refractivity contribution in [3.63, 3.8) is 0 Å². The first-order valence-electron chi connectivity index (χ1n) is 6.60. The number of anilines is 1. The monoisotopic (exact) mass is 255 g/mol. The van der Waals surface area contributed by atoms with Crippen LogP contribution in [0.3, 0.4) is 0 Å². The second-order valence-corrected chi connectivity index (χ2v) is 4.86. The summed E-state index contributed by atoms with van der Waals surface area (Å²) in [7, 11) is 3.83. The first kappa shape index (κ1) is 13.5. The number of methoxy groups -OCH3 is 1. The zero-order valence-corrected chi connectivity index (χ0v) is 11.9. The number of hydrogen-bond acceptors (Lipinski definition) is 2. The second kappa shape index (κ2) is 6.28. The van der Waals surface area contributed by atoms with E-state index in [0.29, 0.717) is 0 Å². The van der Waals surface area contributed by atoms with Crippen molar-refractivity contribution in [3.8, 4) is 5.75 Å². The van der Waals surface area contributed by atoms with E-state index < -0.39 is 0 Å². The molecule has 0 aliphatic rings. The maximum atomic E-state index is 5.16. The molecular formula is C17H21NO. The van der Waals surface area contributed by atoms with Gasteiger partial charge < -0.3 is 9.64 Å². The quantitative estimate of drug-likeness (QED) is 0.808. The fourth-order valence-electron chi connectivity index (χ4n) is 2.02. The minimum absolute atomic E-state index is 0.913. The van der Waals surface area contributed by atoms with Crippen LogP contribution in [0.5, 0.6) is 5.75 Å². The number of hydrogen-bond donors (Lipinski definition) is 0. The van der Waals surface area contributed by atoms with Gasteiger partial charge in [-0.15, -0.1) is 0 Å². The van der Waals surface area contributed by atoms with Crippen LogP contribution in [0, 0.1) is 6.92 Å². The number of aryl methyl sites for hydroxylation is 1. The van der Waals surface area contributed by atoms with Gasteiger partial charge in [0.25, 0.3) is 0 Å². The van der Waals surface area contributed by atoms with E-state index in [1.165, 1.54) is 16.8 Å². The van der Waals surface area contributed by atoms with Gasteiger partial charge in [0.15, 0.2) is 0 Å². The summed E-state index contributed by atoms with van der Waals surface area (Å²) in [4.78, 5) is 2.28. The van der Waals surface area contributed by atoms with Gasteiger partial charge in [-0.3, -0.25) is 0 Å². The van der Waals surface area contributed by atoms with Gasteiger partial charge in [-0.2, -0.15) is 0 Å². The summed E-state index contributed by atoms with van der Waals surface area (Å²) in [5, 5.41) is 0. The lowest BCUT2D eigenvalue weighted by Crippen LogP contribution is -2.20. The van der Waals surface area contributed by atoms with E-state index >= 15 is 0 Å². The van der Waals surface area contributed by atoms with Crippen molar-refractivity contribution in [1.82, 2.24) is 0 Å². The fourth-order valence-corrected chi connectivity index (χ4v) is 2.02. The predicted molar refractivity (Wildman–Crippen MR) is 81.1 cm³/mol. The molecule has 0 bridgehead atoms. The number of benzene rings is 2. The van der Waals surface area contributed by atoms with Crippen LogP contribution in [0.2, 0.25) is 0 Å². The van der Waals surface area contributed by atoms with Crippen LogP contribution < -0.4 is 9.64 Å². The first-order valence-corrected chi connectivity index (χ1v) is 6.60. The van der Waals surface area contributed by atoms with Crippen LogP contribution in [0.4, 0.5) is 5.69 Å². The molecule has 0 aromatic heterocycles. The maximum Gasteiger partial charge on any atom is 0.118 e. The topological polar surface area (TPSA) is 12.5 Å². The summed E-state index contributed by atoms with van der Waals surface area (Å²) >= 11 is 0. The van der Waals surface area contributed by atoms with Gasteiger partial charge in [0, 0.05) is 19.3 Å². The molecule has 0 saturated heterocycles. The number of likely N-dealkylation sites (N-methyl/N-ethyl adjacent to an activating group) is 1. The fraction of sp³-hybridized carbons (Fsp3) is 0.294. The molecule has 0 saturated carbocycles. The highest BCUT2D eigenvalue weighted by molar-refractivity contribution is 5.46. The molecule has 0 heterocycles. The second-order valence-electron chi connectivity index (χ2n) is 4.86. The van der Waals surface area contributed by atoms with Crippen molar-refractivity contribution >= 4 is 5.69 Å². The SMILES string of the molecule is COc1ccc(CCN(C)c2ccc(C)cc2)cc1. The molecule has 100 valence electrons. The summed E-state index contributed by atoms with van der Waals surface area (Å²) < 4.78 is 5.16. The lowest BCUT2D eigenvalue weighted by Gasteiger charge is -2.19. The Morgan fingerprint density at radius 3 is 2.16 bits per heavy atom. The summed E-state index contributed by atoms with van der Waals surface area (Å²) in [5.74, 6) is 0.913. The van der Waals surface area contributed by atoms with Gasteiger partial charge in [-0.1, -0.05) is 29.8 Å². The van der Waals surface area contributed by atoms with Crippen molar-refractivity contribution in [2.24, 2.45) is 0 Å². The Morgan fingerprint density at radius 1 is 0.947 bits per heavy atom. The van der Waals surface area contributed by atoms with Crippen molar-refractivity contribution in [2.75, 3.05) is 25.6 Å². The Kier molecular flexibility index (Phi) is 4.45. The minimum Gasteiger partial charge on any atom is -0.497 e. The molecule has 0 N–H and O–H groups in total. The molecule has 0 atom stereocenters. The van der Waals surface area contributed by atoms with Gasteiger partial charge in [0.05, 0.1) is 7.11 Å². The van der Waals surface area contributed by atoms with Crippen molar-refractivity contribution in [2.45, 2.75) is 13.3 Å². The molecule has 2 heteroatoms. The Bertz CT molecular complexity index is 502. The summed E-state index contributed by atoms with van der Waals surface area (Å²) in [6.07, 6.45) is 1.04. The van der Waals surface area contributed by atoms with Crippen LogP contribution in [0.1, 0.15) is 11.1 Å². The molecule has 2 aromatic rings. The van der Waals surface area contributed by atoms with Crippen LogP contribution >= 0.6 is 0 Å². The average Bonchev–Trinajstić information content (AvgIpc) is 2.46. The van der Waals surface area contributed by atoms with Crippen molar-refractivity contribution < 1.29 is 4.74 Å². The smallest absolute Gasteiger partial charge is 0.118 e. The molecule has 2 nitrogen and oxygen atoms in total. The van der Waals surface area contributed by atoms with Gasteiger partial charge in [0.2, 0.25) is 0 Å². The van der Waals surface area contributed by atoms with E-state index in [0.717, 1.165) is 18.7 Å². The van der Waals surface area contributed by atoms with Crippen LogP contribution in [0.25, 0.3) is 0 Å². The molecule has 19 heavy (non-hydrogen) atoms. The standard InChI is InChI=1S/C17H21NO/c1-14-4-8-16(9-5-14)18(2)13-12-15-6-10-17(19-3)11-7-15/h4-11H,12-13H2,1-3H3. The van der Waals surface area contributed by atoms with E-state index in [4.69, 9.17) is 4.74 Å². The molecule has 0 aliphatic heterocycles. The van der Waals surface area contributed by atoms with E-state index in [1.807, 2.05) is 12.1 Å². The Labute approximate surface area is 115 Å². The third-order valence-corrected chi connectivity index (χ3v) is 3.37. The number of nitrogens with zero attached hydrogens (tertiary/aromatic N) is 1. The molecule has 2 rings (SSSR count). The van der Waals surface area contributed by atoms with Crippen LogP contribution in [-0.4, -0.2) is 20.7 Å². The van der Waals surface area contributed by atoms with E-state index in [9.17, 15) is 0 Å². The Hall–Kier alpha value is -1.96. The summed E-state index contributed by atoms with van der Waals surface area (Å²) in [6.45, 7) is 3.12. The Morgan fingerprint density at radius 2 is 1.58 bits per heavy atom. The molecule has 2 aromatic carbocycles. The molecule has 0 fully saturated rings. The lowest BCUT2D eigenvalue weighted by atomic mass is 10.1. The van der Waals surface area contributed by atoms with E-state index in [-0.39, 0.29) is 0 Å². The first-order chi connectivity index (χ1) is 9.19. The highest BCUT2D eigenvalue weighted by Crippen LogP contribution is 2.15. The zero-order chi connectivity index (χ0) is 13.7. The molecule has 0 unspecified atom stereocenters. The summed E-state index contributed by atoms with van der Waals surface area (Å²) in [6, 6.07) is 16.9. The zero-order valence-electron chi connectivity index (χ0n) is 11.9. The summed E-state index contributed by atoms with van der Waals surface area (Å²) in [5.41, 5.74) is 3.89. The van der Waals surface area contributed by atoms with Crippen molar-refractivity contribution in [3.05, 3.63) is 59.7 Å². The largest absolute Gasteiger partial charge is 0.497 e. The van der Waals surface area contributed by atoms with Gasteiger partial charge in [0.1, 0.15) is 5.75 Å². The number of ether oxygens (including phenoxy) is 1.